The summed E-state index contributed by atoms with van der Waals surface area (Å²) in [5.74, 6) is 2.47. The van der Waals surface area contributed by atoms with Crippen LogP contribution in [-0.2, 0) is 0 Å². The molecule has 2 aromatic rings. The summed E-state index contributed by atoms with van der Waals surface area (Å²) < 4.78 is 16.5. The third kappa shape index (κ3) is 1.45. The zero-order valence-electron chi connectivity index (χ0n) is 9.03. The van der Waals surface area contributed by atoms with E-state index in [1.807, 2.05) is 31.2 Å². The Labute approximate surface area is 93.6 Å². The van der Waals surface area contributed by atoms with Crippen molar-refractivity contribution in [3.8, 4) is 22.8 Å². The van der Waals surface area contributed by atoms with Crippen LogP contribution in [0.1, 0.15) is 5.56 Å². The van der Waals surface area contributed by atoms with Gasteiger partial charge >= 0.3 is 0 Å². The summed E-state index contributed by atoms with van der Waals surface area (Å²) in [5.41, 5.74) is 2.17. The van der Waals surface area contributed by atoms with Crippen molar-refractivity contribution in [3.63, 3.8) is 0 Å². The fourth-order valence-corrected chi connectivity index (χ4v) is 1.89. The van der Waals surface area contributed by atoms with E-state index in [9.17, 15) is 0 Å². The lowest BCUT2D eigenvalue weighted by molar-refractivity contribution is 0.171. The van der Waals surface area contributed by atoms with E-state index in [1.54, 1.807) is 6.26 Å². The third-order valence-corrected chi connectivity index (χ3v) is 2.68. The molecule has 1 aliphatic rings. The van der Waals surface area contributed by atoms with Gasteiger partial charge in [0, 0.05) is 5.56 Å². The van der Waals surface area contributed by atoms with E-state index < -0.39 is 0 Å². The zero-order chi connectivity index (χ0) is 11.0. The minimum Gasteiger partial charge on any atom is -0.486 e. The summed E-state index contributed by atoms with van der Waals surface area (Å²) in [6.45, 7) is 3.26. The summed E-state index contributed by atoms with van der Waals surface area (Å²) in [7, 11) is 0. The van der Waals surface area contributed by atoms with Gasteiger partial charge in [-0.15, -0.1) is 0 Å². The number of fused-ring (bicyclic) bond motifs is 1. The number of ether oxygens (including phenoxy) is 2. The minimum atomic E-state index is 0.605. The molecule has 16 heavy (non-hydrogen) atoms. The first-order valence-electron chi connectivity index (χ1n) is 5.29. The first-order valence-corrected chi connectivity index (χ1v) is 5.29. The predicted molar refractivity (Wildman–Crippen MR) is 59.9 cm³/mol. The normalized spacial score (nSPS) is 13.8. The molecule has 3 heteroatoms. The molecule has 0 radical (unpaired) electrons. The predicted octanol–water partition coefficient (Wildman–Crippen LogP) is 3.03. The van der Waals surface area contributed by atoms with Crippen molar-refractivity contribution < 1.29 is 13.9 Å². The van der Waals surface area contributed by atoms with Crippen LogP contribution in [0.5, 0.6) is 11.5 Å². The second-order valence-electron chi connectivity index (χ2n) is 3.79. The average molecular weight is 216 g/mol. The SMILES string of the molecule is Cc1cc2c(cc1-c1ccco1)OCCO2. The van der Waals surface area contributed by atoms with Crippen LogP contribution in [0.25, 0.3) is 11.3 Å². The molecular weight excluding hydrogens is 204 g/mol. The van der Waals surface area contributed by atoms with E-state index in [4.69, 9.17) is 13.9 Å². The lowest BCUT2D eigenvalue weighted by Gasteiger charge is -2.19. The number of hydrogen-bond acceptors (Lipinski definition) is 3. The first-order chi connectivity index (χ1) is 7.84. The van der Waals surface area contributed by atoms with Gasteiger partial charge in [0.2, 0.25) is 0 Å². The minimum absolute atomic E-state index is 0.605. The Balaban J connectivity index is 2.12. The molecule has 0 spiro atoms. The van der Waals surface area contributed by atoms with E-state index >= 15 is 0 Å². The fraction of sp³-hybridized carbons (Fsp3) is 0.231. The highest BCUT2D eigenvalue weighted by molar-refractivity contribution is 5.67. The van der Waals surface area contributed by atoms with Crippen molar-refractivity contribution in [2.45, 2.75) is 6.92 Å². The molecule has 3 nitrogen and oxygen atoms in total. The Bertz CT molecular complexity index is 500. The van der Waals surface area contributed by atoms with E-state index in [-0.39, 0.29) is 0 Å². The van der Waals surface area contributed by atoms with E-state index in [0.717, 1.165) is 28.4 Å². The standard InChI is InChI=1S/C13H12O3/c1-9-7-12-13(16-6-5-15-12)8-10(9)11-3-2-4-14-11/h2-4,7-8H,5-6H2,1H3. The molecule has 0 saturated carbocycles. The number of rotatable bonds is 1. The van der Waals surface area contributed by atoms with Gasteiger partial charge in [-0.1, -0.05) is 0 Å². The quantitative estimate of drug-likeness (QED) is 0.734. The van der Waals surface area contributed by atoms with Crippen molar-refractivity contribution in [2.24, 2.45) is 0 Å². The van der Waals surface area contributed by atoms with Crippen LogP contribution < -0.4 is 9.47 Å². The summed E-state index contributed by atoms with van der Waals surface area (Å²) in [4.78, 5) is 0. The fourth-order valence-electron chi connectivity index (χ4n) is 1.89. The Morgan fingerprint density at radius 2 is 1.81 bits per heavy atom. The Morgan fingerprint density at radius 3 is 2.50 bits per heavy atom. The molecule has 0 bridgehead atoms. The van der Waals surface area contributed by atoms with E-state index in [1.165, 1.54) is 0 Å². The molecule has 0 unspecified atom stereocenters. The maximum absolute atomic E-state index is 5.55. The van der Waals surface area contributed by atoms with Crippen molar-refractivity contribution in [2.75, 3.05) is 13.2 Å². The van der Waals surface area contributed by atoms with Crippen molar-refractivity contribution in [1.29, 1.82) is 0 Å². The monoisotopic (exact) mass is 216 g/mol. The lowest BCUT2D eigenvalue weighted by atomic mass is 10.1. The van der Waals surface area contributed by atoms with E-state index in [0.29, 0.717) is 13.2 Å². The van der Waals surface area contributed by atoms with Crippen LogP contribution in [0.15, 0.2) is 34.9 Å². The Morgan fingerprint density at radius 1 is 1.06 bits per heavy atom. The molecule has 2 heterocycles. The van der Waals surface area contributed by atoms with Crippen molar-refractivity contribution in [3.05, 3.63) is 36.1 Å². The molecule has 1 aromatic carbocycles. The largest absolute Gasteiger partial charge is 0.486 e. The second-order valence-corrected chi connectivity index (χ2v) is 3.79. The second kappa shape index (κ2) is 3.59. The molecule has 82 valence electrons. The van der Waals surface area contributed by atoms with Crippen LogP contribution in [0.4, 0.5) is 0 Å². The Kier molecular flexibility index (Phi) is 2.10. The summed E-state index contributed by atoms with van der Waals surface area (Å²) in [5, 5.41) is 0. The summed E-state index contributed by atoms with van der Waals surface area (Å²) in [6, 6.07) is 7.79. The average Bonchev–Trinajstić information content (AvgIpc) is 2.81. The maximum Gasteiger partial charge on any atom is 0.162 e. The third-order valence-electron chi connectivity index (χ3n) is 2.68. The topological polar surface area (TPSA) is 31.6 Å². The number of benzene rings is 1. The van der Waals surface area contributed by atoms with Crippen LogP contribution in [0, 0.1) is 6.92 Å². The zero-order valence-corrected chi connectivity index (χ0v) is 9.03. The van der Waals surface area contributed by atoms with Crippen molar-refractivity contribution in [1.82, 2.24) is 0 Å². The molecule has 0 atom stereocenters. The van der Waals surface area contributed by atoms with Gasteiger partial charge in [0.05, 0.1) is 6.26 Å². The van der Waals surface area contributed by atoms with Crippen LogP contribution >= 0.6 is 0 Å². The number of hydrogen-bond donors (Lipinski definition) is 0. The molecule has 3 rings (SSSR count). The highest BCUT2D eigenvalue weighted by Crippen LogP contribution is 2.37. The van der Waals surface area contributed by atoms with Gasteiger partial charge in [0.25, 0.3) is 0 Å². The Hall–Kier alpha value is -1.90. The molecular formula is C13H12O3. The van der Waals surface area contributed by atoms with Crippen molar-refractivity contribution >= 4 is 0 Å². The van der Waals surface area contributed by atoms with Gasteiger partial charge in [0.15, 0.2) is 11.5 Å². The highest BCUT2D eigenvalue weighted by Gasteiger charge is 2.15. The first kappa shape index (κ1) is 9.33. The molecule has 1 aliphatic heterocycles. The summed E-state index contributed by atoms with van der Waals surface area (Å²) >= 11 is 0. The lowest BCUT2D eigenvalue weighted by Crippen LogP contribution is -2.15. The van der Waals surface area contributed by atoms with Crippen LogP contribution in [0.3, 0.4) is 0 Å². The molecule has 0 fully saturated rings. The summed E-state index contributed by atoms with van der Waals surface area (Å²) in [6.07, 6.45) is 1.67. The molecule has 0 amide bonds. The smallest absolute Gasteiger partial charge is 0.162 e. The maximum atomic E-state index is 5.55. The van der Waals surface area contributed by atoms with Gasteiger partial charge in [0.1, 0.15) is 19.0 Å². The van der Waals surface area contributed by atoms with Gasteiger partial charge in [-0.3, -0.25) is 0 Å². The molecule has 0 saturated heterocycles. The van der Waals surface area contributed by atoms with E-state index in [2.05, 4.69) is 0 Å². The van der Waals surface area contributed by atoms with Gasteiger partial charge in [-0.05, 0) is 36.8 Å². The van der Waals surface area contributed by atoms with Gasteiger partial charge < -0.3 is 13.9 Å². The highest BCUT2D eigenvalue weighted by atomic mass is 16.6. The molecule has 1 aromatic heterocycles. The molecule has 0 aliphatic carbocycles. The van der Waals surface area contributed by atoms with Crippen LogP contribution in [0.2, 0.25) is 0 Å². The van der Waals surface area contributed by atoms with Gasteiger partial charge in [-0.25, -0.2) is 0 Å². The van der Waals surface area contributed by atoms with Gasteiger partial charge in [-0.2, -0.15) is 0 Å². The molecule has 0 N–H and O–H groups in total. The number of furan rings is 1. The number of aryl methyl sites for hydroxylation is 1. The van der Waals surface area contributed by atoms with Crippen LogP contribution in [-0.4, -0.2) is 13.2 Å².